The highest BCUT2D eigenvalue weighted by atomic mass is 16.4. The molecule has 2 N–H and O–H groups in total. The van der Waals surface area contributed by atoms with Crippen molar-refractivity contribution >= 4 is 12.0 Å². The maximum Gasteiger partial charge on any atom is 0.323 e. The van der Waals surface area contributed by atoms with Crippen molar-refractivity contribution in [3.05, 3.63) is 35.9 Å². The highest BCUT2D eigenvalue weighted by Gasteiger charge is 2.15. The van der Waals surface area contributed by atoms with E-state index in [4.69, 9.17) is 10.4 Å². The Labute approximate surface area is 117 Å². The van der Waals surface area contributed by atoms with E-state index >= 15 is 0 Å². The molecule has 1 aromatic rings. The lowest BCUT2D eigenvalue weighted by molar-refractivity contribution is -0.137. The molecule has 0 aromatic heterocycles. The van der Waals surface area contributed by atoms with Gasteiger partial charge < -0.3 is 15.3 Å². The van der Waals surface area contributed by atoms with Gasteiger partial charge in [0.1, 0.15) is 6.54 Å². The van der Waals surface area contributed by atoms with Crippen molar-refractivity contribution in [1.82, 2.24) is 10.2 Å². The monoisotopic (exact) mass is 275 g/mol. The Kier molecular flexibility index (Phi) is 6.62. The lowest BCUT2D eigenvalue weighted by Gasteiger charge is -2.19. The van der Waals surface area contributed by atoms with E-state index in [1.165, 1.54) is 0 Å². The predicted molar refractivity (Wildman–Crippen MR) is 73.0 cm³/mol. The largest absolute Gasteiger partial charge is 0.480 e. The van der Waals surface area contributed by atoms with E-state index in [0.29, 0.717) is 13.0 Å². The van der Waals surface area contributed by atoms with Crippen LogP contribution in [0.5, 0.6) is 0 Å². The molecule has 0 unspecified atom stereocenters. The van der Waals surface area contributed by atoms with Crippen LogP contribution in [0.25, 0.3) is 0 Å². The topological polar surface area (TPSA) is 93.4 Å². The molecule has 0 atom stereocenters. The number of hydrogen-bond donors (Lipinski definition) is 2. The van der Waals surface area contributed by atoms with Gasteiger partial charge in [-0.15, -0.1) is 0 Å². The second-order valence-corrected chi connectivity index (χ2v) is 4.19. The number of carbonyl (C=O) groups excluding carboxylic acids is 1. The minimum Gasteiger partial charge on any atom is -0.480 e. The van der Waals surface area contributed by atoms with Crippen molar-refractivity contribution < 1.29 is 14.7 Å². The van der Waals surface area contributed by atoms with Gasteiger partial charge in [0, 0.05) is 13.1 Å². The molecule has 1 aromatic carbocycles. The fourth-order valence-corrected chi connectivity index (χ4v) is 1.67. The van der Waals surface area contributed by atoms with E-state index in [1.807, 2.05) is 36.4 Å². The molecule has 0 spiro atoms. The van der Waals surface area contributed by atoms with Crippen molar-refractivity contribution in [2.75, 3.05) is 19.6 Å². The number of urea groups is 1. The van der Waals surface area contributed by atoms with E-state index < -0.39 is 18.5 Å². The molecule has 1 rings (SSSR count). The molecular weight excluding hydrogens is 258 g/mol. The van der Waals surface area contributed by atoms with Crippen LogP contribution in [0.4, 0.5) is 4.79 Å². The van der Waals surface area contributed by atoms with Gasteiger partial charge in [-0.1, -0.05) is 30.3 Å². The maximum atomic E-state index is 11.8. The Morgan fingerprint density at radius 1 is 1.30 bits per heavy atom. The molecule has 0 aliphatic carbocycles. The third-order valence-corrected chi connectivity index (χ3v) is 2.64. The molecule has 0 saturated heterocycles. The summed E-state index contributed by atoms with van der Waals surface area (Å²) >= 11 is 0. The van der Waals surface area contributed by atoms with Gasteiger partial charge in [-0.25, -0.2) is 4.79 Å². The quantitative estimate of drug-likeness (QED) is 0.782. The average Bonchev–Trinajstić information content (AvgIpc) is 2.44. The summed E-state index contributed by atoms with van der Waals surface area (Å²) in [7, 11) is 0. The highest BCUT2D eigenvalue weighted by molar-refractivity contribution is 5.80. The minimum atomic E-state index is -1.10. The molecule has 0 saturated carbocycles. The SMILES string of the molecule is N#CCCN(CC(=O)O)C(=O)NCCc1ccccc1. The number of aliphatic carboxylic acids is 1. The van der Waals surface area contributed by atoms with E-state index in [2.05, 4.69) is 5.32 Å². The van der Waals surface area contributed by atoms with Crippen LogP contribution in [0.3, 0.4) is 0 Å². The first-order valence-corrected chi connectivity index (χ1v) is 6.29. The van der Waals surface area contributed by atoms with Crippen molar-refractivity contribution in [3.8, 4) is 6.07 Å². The van der Waals surface area contributed by atoms with Crippen LogP contribution in [-0.4, -0.2) is 41.6 Å². The number of nitrogens with one attached hydrogen (secondary N) is 1. The van der Waals surface area contributed by atoms with Crippen molar-refractivity contribution in [3.63, 3.8) is 0 Å². The Morgan fingerprint density at radius 2 is 2.00 bits per heavy atom. The second kappa shape index (κ2) is 8.53. The van der Waals surface area contributed by atoms with Crippen LogP contribution in [-0.2, 0) is 11.2 Å². The number of nitrogens with zero attached hydrogens (tertiary/aromatic N) is 2. The Hall–Kier alpha value is -2.55. The number of amides is 2. The van der Waals surface area contributed by atoms with Gasteiger partial charge in [0.05, 0.1) is 12.5 Å². The third kappa shape index (κ3) is 5.87. The first-order valence-electron chi connectivity index (χ1n) is 6.29. The molecule has 0 heterocycles. The lowest BCUT2D eigenvalue weighted by Crippen LogP contribution is -2.43. The molecule has 2 amide bonds. The molecule has 20 heavy (non-hydrogen) atoms. The fraction of sp³-hybridized carbons (Fsp3) is 0.357. The molecule has 0 fully saturated rings. The van der Waals surface area contributed by atoms with E-state index in [0.717, 1.165) is 10.5 Å². The van der Waals surface area contributed by atoms with Crippen molar-refractivity contribution in [2.45, 2.75) is 12.8 Å². The summed E-state index contributed by atoms with van der Waals surface area (Å²) in [4.78, 5) is 23.6. The number of carboxylic acid groups (broad SMARTS) is 1. The zero-order chi connectivity index (χ0) is 14.8. The molecule has 0 bridgehead atoms. The number of carboxylic acids is 1. The first-order chi connectivity index (χ1) is 9.63. The summed E-state index contributed by atoms with van der Waals surface area (Å²) < 4.78 is 0. The minimum absolute atomic E-state index is 0.111. The van der Waals surface area contributed by atoms with Gasteiger partial charge in [-0.2, -0.15) is 5.26 Å². The molecular formula is C14H17N3O3. The van der Waals surface area contributed by atoms with Gasteiger partial charge >= 0.3 is 12.0 Å². The van der Waals surface area contributed by atoms with E-state index in [9.17, 15) is 9.59 Å². The Bertz CT molecular complexity index is 482. The van der Waals surface area contributed by atoms with Crippen molar-refractivity contribution in [1.29, 1.82) is 5.26 Å². The number of carbonyl (C=O) groups is 2. The molecule has 106 valence electrons. The molecule has 0 aliphatic heterocycles. The van der Waals surface area contributed by atoms with Crippen LogP contribution in [0, 0.1) is 11.3 Å². The number of nitriles is 1. The Morgan fingerprint density at radius 3 is 2.60 bits per heavy atom. The number of benzene rings is 1. The smallest absolute Gasteiger partial charge is 0.323 e. The van der Waals surface area contributed by atoms with Crippen LogP contribution >= 0.6 is 0 Å². The summed E-state index contributed by atoms with van der Waals surface area (Å²) in [5.41, 5.74) is 1.09. The third-order valence-electron chi connectivity index (χ3n) is 2.64. The van der Waals surface area contributed by atoms with Crippen LogP contribution in [0.1, 0.15) is 12.0 Å². The number of hydrogen-bond acceptors (Lipinski definition) is 3. The zero-order valence-corrected chi connectivity index (χ0v) is 11.1. The summed E-state index contributed by atoms with van der Waals surface area (Å²) in [6, 6.07) is 11.1. The maximum absolute atomic E-state index is 11.8. The summed E-state index contributed by atoms with van der Waals surface area (Å²) in [6.07, 6.45) is 0.783. The molecule has 0 aliphatic rings. The summed E-state index contributed by atoms with van der Waals surface area (Å²) in [5, 5.41) is 19.9. The summed E-state index contributed by atoms with van der Waals surface area (Å²) in [5.74, 6) is -1.10. The Balaban J connectivity index is 2.41. The highest BCUT2D eigenvalue weighted by Crippen LogP contribution is 1.99. The predicted octanol–water partition coefficient (Wildman–Crippen LogP) is 1.24. The molecule has 0 radical (unpaired) electrons. The number of rotatable bonds is 7. The van der Waals surface area contributed by atoms with Crippen LogP contribution in [0.2, 0.25) is 0 Å². The van der Waals surface area contributed by atoms with Crippen molar-refractivity contribution in [2.24, 2.45) is 0 Å². The first kappa shape index (κ1) is 15.5. The van der Waals surface area contributed by atoms with Gasteiger partial charge in [0.15, 0.2) is 0 Å². The molecule has 6 nitrogen and oxygen atoms in total. The molecule has 6 heteroatoms. The standard InChI is InChI=1S/C14H17N3O3/c15-8-4-10-17(11-13(18)19)14(20)16-9-7-12-5-2-1-3-6-12/h1-3,5-6H,4,7,9-11H2,(H,16,20)(H,18,19). The van der Waals surface area contributed by atoms with Gasteiger partial charge in [-0.3, -0.25) is 4.79 Å². The lowest BCUT2D eigenvalue weighted by atomic mass is 10.1. The van der Waals surface area contributed by atoms with Crippen LogP contribution in [0.15, 0.2) is 30.3 Å². The zero-order valence-electron chi connectivity index (χ0n) is 11.1. The van der Waals surface area contributed by atoms with E-state index in [-0.39, 0.29) is 13.0 Å². The summed E-state index contributed by atoms with van der Waals surface area (Å²) in [6.45, 7) is 0.129. The van der Waals surface area contributed by atoms with E-state index in [1.54, 1.807) is 0 Å². The normalized spacial score (nSPS) is 9.55. The van der Waals surface area contributed by atoms with Crippen LogP contribution < -0.4 is 5.32 Å². The average molecular weight is 275 g/mol. The second-order valence-electron chi connectivity index (χ2n) is 4.19. The van der Waals surface area contributed by atoms with Gasteiger partial charge in [-0.05, 0) is 12.0 Å². The van der Waals surface area contributed by atoms with Gasteiger partial charge in [0.2, 0.25) is 0 Å². The van der Waals surface area contributed by atoms with Gasteiger partial charge in [0.25, 0.3) is 0 Å². The fourth-order valence-electron chi connectivity index (χ4n) is 1.67.